The molecule has 2 bridgehead atoms. The van der Waals surface area contributed by atoms with Gasteiger partial charge < -0.3 is 4.74 Å². The highest BCUT2D eigenvalue weighted by molar-refractivity contribution is 7.92. The van der Waals surface area contributed by atoms with Gasteiger partial charge in [0, 0.05) is 6.42 Å². The molecular formula is C12H20O4S. The van der Waals surface area contributed by atoms with E-state index < -0.39 is 9.84 Å². The van der Waals surface area contributed by atoms with Crippen molar-refractivity contribution in [2.45, 2.75) is 55.9 Å². The van der Waals surface area contributed by atoms with E-state index in [0.717, 1.165) is 19.3 Å². The fourth-order valence-electron chi connectivity index (χ4n) is 3.14. The smallest absolute Gasteiger partial charge is 0.306 e. The summed E-state index contributed by atoms with van der Waals surface area (Å²) in [6, 6.07) is 0. The third-order valence-electron chi connectivity index (χ3n) is 3.93. The summed E-state index contributed by atoms with van der Waals surface area (Å²) in [7, 11) is -2.90. The van der Waals surface area contributed by atoms with Gasteiger partial charge in [0.25, 0.3) is 0 Å². The number of hydrogen-bond acceptors (Lipinski definition) is 4. The van der Waals surface area contributed by atoms with E-state index in [0.29, 0.717) is 25.9 Å². The lowest BCUT2D eigenvalue weighted by molar-refractivity contribution is -0.144. The first-order valence-electron chi connectivity index (χ1n) is 6.42. The molecule has 2 unspecified atom stereocenters. The van der Waals surface area contributed by atoms with Gasteiger partial charge in [0.1, 0.15) is 0 Å². The number of fused-ring (bicyclic) bond motifs is 2. The molecule has 0 amide bonds. The molecule has 0 aliphatic carbocycles. The molecule has 0 aromatic carbocycles. The summed E-state index contributed by atoms with van der Waals surface area (Å²) in [5.74, 6) is 0.0164. The SMILES string of the molecule is CCOC(=O)CC1CC2CCCC(C1)S2(=O)=O. The largest absolute Gasteiger partial charge is 0.466 e. The van der Waals surface area contributed by atoms with E-state index in [1.807, 2.05) is 0 Å². The summed E-state index contributed by atoms with van der Waals surface area (Å²) < 4.78 is 29.0. The summed E-state index contributed by atoms with van der Waals surface area (Å²) in [5.41, 5.74) is 0. The van der Waals surface area contributed by atoms with Crippen LogP contribution in [-0.4, -0.2) is 31.5 Å². The Hall–Kier alpha value is -0.580. The Morgan fingerprint density at radius 2 is 1.82 bits per heavy atom. The standard InChI is InChI=1S/C12H20O4S/c1-2-16-12(13)8-9-6-10-4-3-5-11(7-9)17(10,14)15/h9-11H,2-8H2,1H3. The van der Waals surface area contributed by atoms with Gasteiger partial charge in [-0.05, 0) is 38.5 Å². The van der Waals surface area contributed by atoms with Crippen LogP contribution in [-0.2, 0) is 19.4 Å². The van der Waals surface area contributed by atoms with Crippen LogP contribution in [0.2, 0.25) is 0 Å². The average Bonchev–Trinajstić information content (AvgIpc) is 2.19. The van der Waals surface area contributed by atoms with Gasteiger partial charge in [-0.15, -0.1) is 0 Å². The van der Waals surface area contributed by atoms with E-state index in [2.05, 4.69) is 0 Å². The van der Waals surface area contributed by atoms with Gasteiger partial charge in [0.15, 0.2) is 9.84 Å². The number of esters is 1. The number of carbonyl (C=O) groups excluding carboxylic acids is 1. The Morgan fingerprint density at radius 3 is 2.35 bits per heavy atom. The minimum absolute atomic E-state index is 0.185. The lowest BCUT2D eigenvalue weighted by Crippen LogP contribution is -2.43. The molecule has 17 heavy (non-hydrogen) atoms. The molecule has 98 valence electrons. The summed E-state index contributed by atoms with van der Waals surface area (Å²) in [4.78, 5) is 11.4. The lowest BCUT2D eigenvalue weighted by Gasteiger charge is -2.38. The van der Waals surface area contributed by atoms with Crippen LogP contribution in [0.3, 0.4) is 0 Å². The first-order valence-corrected chi connectivity index (χ1v) is 8.03. The Bertz CT molecular complexity index is 367. The van der Waals surface area contributed by atoms with Crippen molar-refractivity contribution >= 4 is 15.8 Å². The summed E-state index contributed by atoms with van der Waals surface area (Å²) in [5, 5.41) is -0.399. The minimum Gasteiger partial charge on any atom is -0.466 e. The number of hydrogen-bond donors (Lipinski definition) is 0. The number of sulfone groups is 1. The fraction of sp³-hybridized carbons (Fsp3) is 0.917. The highest BCUT2D eigenvalue weighted by Crippen LogP contribution is 2.40. The lowest BCUT2D eigenvalue weighted by atomic mass is 9.87. The van der Waals surface area contributed by atoms with Gasteiger partial charge in [-0.1, -0.05) is 6.42 Å². The van der Waals surface area contributed by atoms with Crippen molar-refractivity contribution in [2.75, 3.05) is 6.61 Å². The first kappa shape index (κ1) is 12.9. The molecule has 0 aromatic heterocycles. The van der Waals surface area contributed by atoms with E-state index in [1.54, 1.807) is 6.92 Å². The fourth-order valence-corrected chi connectivity index (χ4v) is 5.76. The van der Waals surface area contributed by atoms with Crippen LogP contribution in [0.5, 0.6) is 0 Å². The van der Waals surface area contributed by atoms with Crippen molar-refractivity contribution in [3.05, 3.63) is 0 Å². The molecule has 5 heteroatoms. The molecule has 0 saturated carbocycles. The van der Waals surface area contributed by atoms with Gasteiger partial charge >= 0.3 is 5.97 Å². The predicted octanol–water partition coefficient (Wildman–Crippen LogP) is 1.69. The number of carbonyl (C=O) groups is 1. The van der Waals surface area contributed by atoms with E-state index in [-0.39, 0.29) is 22.4 Å². The van der Waals surface area contributed by atoms with Crippen LogP contribution < -0.4 is 0 Å². The second kappa shape index (κ2) is 4.96. The molecule has 2 rings (SSSR count). The molecule has 4 nitrogen and oxygen atoms in total. The van der Waals surface area contributed by atoms with Gasteiger partial charge in [0.05, 0.1) is 17.1 Å². The maximum Gasteiger partial charge on any atom is 0.306 e. The second-order valence-corrected chi connectivity index (χ2v) is 7.62. The van der Waals surface area contributed by atoms with Crippen LogP contribution in [0, 0.1) is 5.92 Å². The van der Waals surface area contributed by atoms with Crippen LogP contribution >= 0.6 is 0 Å². The Balaban J connectivity index is 1.99. The van der Waals surface area contributed by atoms with Crippen LogP contribution in [0.25, 0.3) is 0 Å². The van der Waals surface area contributed by atoms with E-state index in [1.165, 1.54) is 0 Å². The van der Waals surface area contributed by atoms with E-state index >= 15 is 0 Å². The van der Waals surface area contributed by atoms with Gasteiger partial charge in [-0.2, -0.15) is 0 Å². The molecule has 2 aliphatic rings. The Kier molecular flexibility index (Phi) is 3.76. The molecule has 2 fully saturated rings. The molecule has 2 heterocycles. The van der Waals surface area contributed by atoms with Gasteiger partial charge in [0.2, 0.25) is 0 Å². The molecule has 0 aromatic rings. The number of rotatable bonds is 3. The molecule has 2 atom stereocenters. The quantitative estimate of drug-likeness (QED) is 0.724. The summed E-state index contributed by atoms with van der Waals surface area (Å²) >= 11 is 0. The zero-order valence-electron chi connectivity index (χ0n) is 10.2. The molecule has 2 saturated heterocycles. The normalized spacial score (nSPS) is 35.2. The van der Waals surface area contributed by atoms with Gasteiger partial charge in [-0.25, -0.2) is 8.42 Å². The molecule has 0 spiro atoms. The van der Waals surface area contributed by atoms with Crippen LogP contribution in [0.15, 0.2) is 0 Å². The van der Waals surface area contributed by atoms with Crippen LogP contribution in [0.1, 0.15) is 45.4 Å². The van der Waals surface area contributed by atoms with Crippen LogP contribution in [0.4, 0.5) is 0 Å². The molecule has 0 radical (unpaired) electrons. The first-order chi connectivity index (χ1) is 8.04. The third kappa shape index (κ3) is 2.64. The van der Waals surface area contributed by atoms with Crippen molar-refractivity contribution in [3.8, 4) is 0 Å². The molecular weight excluding hydrogens is 240 g/mol. The average molecular weight is 260 g/mol. The Labute approximate surface area is 103 Å². The molecule has 0 N–H and O–H groups in total. The Morgan fingerprint density at radius 1 is 1.24 bits per heavy atom. The van der Waals surface area contributed by atoms with Gasteiger partial charge in [-0.3, -0.25) is 4.79 Å². The highest BCUT2D eigenvalue weighted by Gasteiger charge is 2.44. The van der Waals surface area contributed by atoms with Crippen molar-refractivity contribution in [1.29, 1.82) is 0 Å². The topological polar surface area (TPSA) is 60.4 Å². The maximum absolute atomic E-state index is 12.0. The number of ether oxygens (including phenoxy) is 1. The van der Waals surface area contributed by atoms with E-state index in [9.17, 15) is 13.2 Å². The van der Waals surface area contributed by atoms with Crippen molar-refractivity contribution in [1.82, 2.24) is 0 Å². The van der Waals surface area contributed by atoms with Crippen molar-refractivity contribution in [2.24, 2.45) is 5.92 Å². The third-order valence-corrected chi connectivity index (χ3v) is 6.65. The van der Waals surface area contributed by atoms with Crippen molar-refractivity contribution in [3.63, 3.8) is 0 Å². The maximum atomic E-state index is 12.0. The van der Waals surface area contributed by atoms with E-state index in [4.69, 9.17) is 4.74 Å². The zero-order chi connectivity index (χ0) is 12.5. The molecule has 2 aliphatic heterocycles. The summed E-state index contributed by atoms with van der Waals surface area (Å²) in [6.45, 7) is 2.19. The monoisotopic (exact) mass is 260 g/mol. The zero-order valence-corrected chi connectivity index (χ0v) is 11.0. The highest BCUT2D eigenvalue weighted by atomic mass is 32.2. The minimum atomic E-state index is -2.90. The van der Waals surface area contributed by atoms with Crippen molar-refractivity contribution < 1.29 is 17.9 Å². The second-order valence-electron chi connectivity index (χ2n) is 5.11. The summed E-state index contributed by atoms with van der Waals surface area (Å²) in [6.07, 6.45) is 4.25. The predicted molar refractivity (Wildman–Crippen MR) is 64.3 cm³/mol.